The third kappa shape index (κ3) is 10.2. The molecule has 0 unspecified atom stereocenters. The lowest BCUT2D eigenvalue weighted by Gasteiger charge is -2.51. The van der Waals surface area contributed by atoms with Gasteiger partial charge in [-0.2, -0.15) is 0 Å². The minimum atomic E-state index is -3.06. The van der Waals surface area contributed by atoms with Crippen LogP contribution in [0, 0.1) is 0 Å². The summed E-state index contributed by atoms with van der Waals surface area (Å²) in [6.07, 6.45) is -25.2. The zero-order chi connectivity index (χ0) is 38.9. The Balaban J connectivity index is 1.97. The summed E-state index contributed by atoms with van der Waals surface area (Å²) >= 11 is 0. The molecule has 52 heavy (non-hydrogen) atoms. The molecule has 24 nitrogen and oxygen atoms in total. The van der Waals surface area contributed by atoms with Gasteiger partial charge in [-0.3, -0.25) is 9.59 Å². The molecule has 0 aromatic carbocycles. The molecule has 2 amide bonds. The third-order valence-corrected chi connectivity index (χ3v) is 8.60. The molecule has 0 bridgehead atoms. The first-order valence-corrected chi connectivity index (χ1v) is 16.2. The van der Waals surface area contributed by atoms with E-state index in [1.165, 1.54) is 0 Å². The summed E-state index contributed by atoms with van der Waals surface area (Å²) < 4.78 is 34.0. The first-order valence-electron chi connectivity index (χ1n) is 16.2. The van der Waals surface area contributed by atoms with E-state index in [9.17, 15) is 65.4 Å². The van der Waals surface area contributed by atoms with Crippen molar-refractivity contribution >= 4 is 17.8 Å². The smallest absolute Gasteiger partial charge is 0.364 e. The molecule has 0 saturated carbocycles. The number of carbonyl (C=O) groups excluding carboxylic acids is 2. The number of amides is 2. The second kappa shape index (κ2) is 19.4. The summed E-state index contributed by atoms with van der Waals surface area (Å²) in [5.41, 5.74) is 8.49. The molecule has 3 aliphatic rings. The number of aliphatic carboxylic acids is 1. The number of rotatable bonds is 17. The summed E-state index contributed by atoms with van der Waals surface area (Å²) in [6.45, 7) is -0.783. The molecular formula is C28H47N5O19. The van der Waals surface area contributed by atoms with E-state index in [2.05, 4.69) is 20.7 Å². The minimum Gasteiger partial charge on any atom is -0.477 e. The Hall–Kier alpha value is -2.88. The Labute approximate surface area is 295 Å². The highest BCUT2D eigenvalue weighted by atomic mass is 16.8. The number of nitrogens with zero attached hydrogens (tertiary/aromatic N) is 3. The zero-order valence-corrected chi connectivity index (χ0v) is 28.1. The summed E-state index contributed by atoms with van der Waals surface area (Å²) in [4.78, 5) is 39.5. The van der Waals surface area contributed by atoms with Crippen LogP contribution in [0.25, 0.3) is 10.4 Å². The summed E-state index contributed by atoms with van der Waals surface area (Å²) in [7, 11) is 0. The van der Waals surface area contributed by atoms with Crippen molar-refractivity contribution in [2.24, 2.45) is 5.11 Å². The lowest BCUT2D eigenvalue weighted by atomic mass is 9.88. The Bertz CT molecular complexity index is 1250. The number of carboxylic acids is 1. The van der Waals surface area contributed by atoms with Crippen molar-refractivity contribution in [1.29, 1.82) is 0 Å². The highest BCUT2D eigenvalue weighted by Gasteiger charge is 2.60. The number of azide groups is 1. The second-order valence-corrected chi connectivity index (χ2v) is 12.4. The number of hydrogen-bond acceptors (Lipinski definition) is 19. The van der Waals surface area contributed by atoms with Crippen LogP contribution >= 0.6 is 0 Å². The number of nitrogens with one attached hydrogen (secondary N) is 2. The van der Waals surface area contributed by atoms with Gasteiger partial charge in [0.2, 0.25) is 11.8 Å². The molecule has 3 heterocycles. The van der Waals surface area contributed by atoms with Gasteiger partial charge in [-0.1, -0.05) is 5.11 Å². The highest BCUT2D eigenvalue weighted by Crippen LogP contribution is 2.38. The highest BCUT2D eigenvalue weighted by molar-refractivity contribution is 5.76. The van der Waals surface area contributed by atoms with Gasteiger partial charge >= 0.3 is 5.97 Å². The third-order valence-electron chi connectivity index (χ3n) is 8.60. The number of carboxylic acid groups (broad SMARTS) is 1. The van der Waals surface area contributed by atoms with Crippen LogP contribution in [0.5, 0.6) is 0 Å². The van der Waals surface area contributed by atoms with Gasteiger partial charge in [0.15, 0.2) is 12.6 Å². The van der Waals surface area contributed by atoms with Crippen molar-refractivity contribution in [1.82, 2.24) is 10.6 Å². The van der Waals surface area contributed by atoms with Gasteiger partial charge in [-0.05, 0) is 12.0 Å². The fourth-order valence-electron chi connectivity index (χ4n) is 6.07. The topological polar surface area (TPSA) is 382 Å². The molecule has 12 N–H and O–H groups in total. The van der Waals surface area contributed by atoms with Crippen molar-refractivity contribution in [3.63, 3.8) is 0 Å². The van der Waals surface area contributed by atoms with Crippen LogP contribution in [0.1, 0.15) is 26.7 Å². The molecule has 3 saturated heterocycles. The first-order chi connectivity index (χ1) is 24.5. The molecule has 0 aromatic rings. The van der Waals surface area contributed by atoms with Gasteiger partial charge in [0.05, 0.1) is 32.0 Å². The van der Waals surface area contributed by atoms with Crippen molar-refractivity contribution in [2.75, 3.05) is 33.0 Å². The van der Waals surface area contributed by atoms with Crippen molar-refractivity contribution < 1.29 is 93.9 Å². The van der Waals surface area contributed by atoms with E-state index in [1.54, 1.807) is 0 Å². The second-order valence-electron chi connectivity index (χ2n) is 12.4. The summed E-state index contributed by atoms with van der Waals surface area (Å²) in [6, 6.07) is -2.96. The predicted molar refractivity (Wildman–Crippen MR) is 164 cm³/mol. The average molecular weight is 758 g/mol. The molecule has 298 valence electrons. The Morgan fingerprint density at radius 3 is 2.04 bits per heavy atom. The van der Waals surface area contributed by atoms with Gasteiger partial charge in [0.25, 0.3) is 5.79 Å². The number of aliphatic hydroxyl groups excluding tert-OH is 9. The van der Waals surface area contributed by atoms with Crippen LogP contribution in [0.4, 0.5) is 0 Å². The van der Waals surface area contributed by atoms with E-state index in [-0.39, 0.29) is 19.6 Å². The van der Waals surface area contributed by atoms with E-state index >= 15 is 0 Å². The SMILES string of the molecule is CC(=O)N[C@H]1[C@@H](OCCCN=[N+]=[N-])O[C@H](CO)[C@H](O)[C@@H]1O[C@@H]1O[C@H](CO)[C@H](O)[C@H](O[C@]2(C(=O)O)C[C@H](O)[C@@H](NC(C)=O)[C@H]([C@H](O)[C@H](O)CO)O2)[C@H]1O. The van der Waals surface area contributed by atoms with Crippen molar-refractivity contribution in [3.8, 4) is 0 Å². The van der Waals surface area contributed by atoms with Crippen LogP contribution in [0.15, 0.2) is 5.11 Å². The Kier molecular flexibility index (Phi) is 16.3. The molecule has 16 atom stereocenters. The van der Waals surface area contributed by atoms with Gasteiger partial charge < -0.3 is 90.1 Å². The maximum absolute atomic E-state index is 12.8. The van der Waals surface area contributed by atoms with Gasteiger partial charge in [-0.25, -0.2) is 4.79 Å². The van der Waals surface area contributed by atoms with Gasteiger partial charge in [-0.15, -0.1) is 0 Å². The van der Waals surface area contributed by atoms with E-state index in [4.69, 9.17) is 34.0 Å². The van der Waals surface area contributed by atoms with Crippen LogP contribution in [0.2, 0.25) is 0 Å². The largest absolute Gasteiger partial charge is 0.477 e. The molecule has 3 aliphatic heterocycles. The Morgan fingerprint density at radius 1 is 0.923 bits per heavy atom. The average Bonchev–Trinajstić information content (AvgIpc) is 3.09. The molecule has 0 radical (unpaired) electrons. The lowest BCUT2D eigenvalue weighted by Crippen LogP contribution is -2.71. The van der Waals surface area contributed by atoms with Crippen LogP contribution < -0.4 is 10.6 Å². The Morgan fingerprint density at radius 2 is 1.50 bits per heavy atom. The van der Waals surface area contributed by atoms with E-state index in [1.807, 2.05) is 0 Å². The van der Waals surface area contributed by atoms with Crippen LogP contribution in [-0.2, 0) is 42.8 Å². The molecule has 24 heteroatoms. The lowest BCUT2D eigenvalue weighted by molar-refractivity contribution is -0.381. The van der Waals surface area contributed by atoms with Crippen molar-refractivity contribution in [2.45, 2.75) is 124 Å². The van der Waals surface area contributed by atoms with Crippen LogP contribution in [0.3, 0.4) is 0 Å². The molecular weight excluding hydrogens is 710 g/mol. The van der Waals surface area contributed by atoms with E-state index in [0.29, 0.717) is 0 Å². The predicted octanol–water partition coefficient (Wildman–Crippen LogP) is -6.35. The molecule has 0 aromatic heterocycles. The quantitative estimate of drug-likeness (QED) is 0.0284. The zero-order valence-electron chi connectivity index (χ0n) is 28.1. The fraction of sp³-hybridized carbons (Fsp3) is 0.893. The number of ether oxygens (including phenoxy) is 6. The minimum absolute atomic E-state index is 0.0303. The van der Waals surface area contributed by atoms with Gasteiger partial charge in [0.1, 0.15) is 67.1 Å². The summed E-state index contributed by atoms with van der Waals surface area (Å²) in [5, 5.41) is 113. The van der Waals surface area contributed by atoms with Crippen LogP contribution in [-0.4, -0.2) is 199 Å². The summed E-state index contributed by atoms with van der Waals surface area (Å²) in [5.74, 6) is -6.47. The number of carbonyl (C=O) groups is 3. The fourth-order valence-corrected chi connectivity index (χ4v) is 6.07. The van der Waals surface area contributed by atoms with Crippen molar-refractivity contribution in [3.05, 3.63) is 10.4 Å². The molecule has 3 fully saturated rings. The molecule has 3 rings (SSSR count). The molecule has 0 spiro atoms. The number of hydrogen-bond donors (Lipinski definition) is 12. The normalized spacial score (nSPS) is 39.1. The van der Waals surface area contributed by atoms with E-state index < -0.39 is 142 Å². The maximum Gasteiger partial charge on any atom is 0.364 e. The molecule has 0 aliphatic carbocycles. The first kappa shape index (κ1) is 43.5. The standard InChI is InChI=1S/C28H47N5O19/c1-10(37)31-16-12(39)6-28(27(45)46,51-23(16)18(41)13(40)7-34)52-24-20(43)15(9-36)49-26(21(24)44)50-22-17(32-11(2)38)25(47-5-3-4-30-33-29)48-14(8-35)19(22)42/h12-26,34-36,39-44H,3-9H2,1-2H3,(H,31,37)(H,32,38)(H,45,46)/t12-,13+,14+,15+,16+,17+,18+,19-,20-,21+,22+,23+,24-,25-,26-,28-/m0/s1. The van der Waals surface area contributed by atoms with Gasteiger partial charge in [0, 0.05) is 38.3 Å². The van der Waals surface area contributed by atoms with E-state index in [0.717, 1.165) is 13.8 Å². The maximum atomic E-state index is 12.8. The number of aliphatic hydroxyl groups is 9. The monoisotopic (exact) mass is 757 g/mol.